The van der Waals surface area contributed by atoms with Crippen molar-refractivity contribution in [2.45, 2.75) is 51.4 Å². The third-order valence-electron chi connectivity index (χ3n) is 3.80. The molecule has 1 N–H and O–H groups in total. The van der Waals surface area contributed by atoms with Gasteiger partial charge in [-0.25, -0.2) is 0 Å². The maximum Gasteiger partial charge on any atom is 0.322 e. The summed E-state index contributed by atoms with van der Waals surface area (Å²) in [7, 11) is 0. The van der Waals surface area contributed by atoms with E-state index < -0.39 is 23.7 Å². The van der Waals surface area contributed by atoms with Gasteiger partial charge in [-0.2, -0.15) is 0 Å². The Balaban J connectivity index is 2.86. The van der Waals surface area contributed by atoms with Crippen LogP contribution in [-0.2, 0) is 9.53 Å². The third-order valence-corrected chi connectivity index (χ3v) is 3.80. The van der Waals surface area contributed by atoms with E-state index >= 15 is 0 Å². The summed E-state index contributed by atoms with van der Waals surface area (Å²) in [5.74, 6) is -0.590. The zero-order valence-electron chi connectivity index (χ0n) is 13.3. The lowest BCUT2D eigenvalue weighted by Crippen LogP contribution is -2.39. The Hall–Kier alpha value is -2.04. The van der Waals surface area contributed by atoms with E-state index in [9.17, 15) is 9.90 Å². The van der Waals surface area contributed by atoms with Gasteiger partial charge in [0, 0.05) is 11.3 Å². The van der Waals surface area contributed by atoms with Gasteiger partial charge >= 0.3 is 5.97 Å². The molecule has 0 spiro atoms. The molecular weight excluding hydrogens is 282 g/mol. The van der Waals surface area contributed by atoms with E-state index in [0.29, 0.717) is 12.0 Å². The normalized spacial score (nSPS) is 18.9. The van der Waals surface area contributed by atoms with Crippen molar-refractivity contribution >= 4 is 5.97 Å². The fourth-order valence-electron chi connectivity index (χ4n) is 2.09. The molecule has 6 nitrogen and oxygen atoms in total. The van der Waals surface area contributed by atoms with Crippen molar-refractivity contribution in [3.8, 4) is 0 Å². The minimum Gasteiger partial charge on any atom is -0.457 e. The second kappa shape index (κ2) is 7.82. The number of allylic oxidation sites excluding steroid dienone is 3. The maximum absolute atomic E-state index is 12.5. The van der Waals surface area contributed by atoms with Crippen molar-refractivity contribution in [1.82, 2.24) is 0 Å². The van der Waals surface area contributed by atoms with Crippen LogP contribution in [0.1, 0.15) is 33.6 Å². The molecule has 0 bridgehead atoms. The predicted molar refractivity (Wildman–Crippen MR) is 84.9 cm³/mol. The molecule has 0 heterocycles. The summed E-state index contributed by atoms with van der Waals surface area (Å²) in [6.45, 7) is 8.93. The van der Waals surface area contributed by atoms with Crippen molar-refractivity contribution in [2.75, 3.05) is 0 Å². The fraction of sp³-hybridized carbons (Fsp3) is 0.562. The SMILES string of the molecule is C=CC(CC(O)C(C)C)OC(=O)[C@](C)(N=[N+]=[N-])C1=CC=CC1. The lowest BCUT2D eigenvalue weighted by Gasteiger charge is -2.27. The van der Waals surface area contributed by atoms with Crippen LogP contribution in [-0.4, -0.2) is 28.8 Å². The smallest absolute Gasteiger partial charge is 0.322 e. The summed E-state index contributed by atoms with van der Waals surface area (Å²) in [6.07, 6.45) is 6.47. The summed E-state index contributed by atoms with van der Waals surface area (Å²) in [4.78, 5) is 15.3. The van der Waals surface area contributed by atoms with Gasteiger partial charge in [-0.3, -0.25) is 4.79 Å². The van der Waals surface area contributed by atoms with Crippen molar-refractivity contribution in [3.63, 3.8) is 0 Å². The van der Waals surface area contributed by atoms with Gasteiger partial charge < -0.3 is 9.84 Å². The number of aliphatic hydroxyl groups is 1. The summed E-state index contributed by atoms with van der Waals surface area (Å²) < 4.78 is 5.40. The molecule has 6 heteroatoms. The molecule has 0 aromatic carbocycles. The number of ether oxygens (including phenoxy) is 1. The minimum absolute atomic E-state index is 0.0476. The molecule has 1 rings (SSSR count). The second-order valence-corrected chi connectivity index (χ2v) is 5.81. The highest BCUT2D eigenvalue weighted by molar-refractivity contribution is 5.85. The van der Waals surface area contributed by atoms with E-state index in [1.165, 1.54) is 13.0 Å². The van der Waals surface area contributed by atoms with Gasteiger partial charge in [-0.1, -0.05) is 49.8 Å². The van der Waals surface area contributed by atoms with Gasteiger partial charge in [0.25, 0.3) is 0 Å². The van der Waals surface area contributed by atoms with Gasteiger partial charge in [0.1, 0.15) is 6.10 Å². The topological polar surface area (TPSA) is 95.3 Å². The average molecular weight is 305 g/mol. The Labute approximate surface area is 130 Å². The third kappa shape index (κ3) is 4.23. The van der Waals surface area contributed by atoms with E-state index in [1.807, 2.05) is 19.9 Å². The monoisotopic (exact) mass is 305 g/mol. The lowest BCUT2D eigenvalue weighted by atomic mass is 9.91. The predicted octanol–water partition coefficient (Wildman–Crippen LogP) is 3.45. The van der Waals surface area contributed by atoms with Gasteiger partial charge in [-0.05, 0) is 30.4 Å². The Morgan fingerprint density at radius 3 is 2.82 bits per heavy atom. The van der Waals surface area contributed by atoms with Gasteiger partial charge in [0.2, 0.25) is 0 Å². The van der Waals surface area contributed by atoms with Crippen LogP contribution in [0, 0.1) is 5.92 Å². The molecule has 0 amide bonds. The van der Waals surface area contributed by atoms with Crippen LogP contribution in [0.4, 0.5) is 0 Å². The first-order valence-corrected chi connectivity index (χ1v) is 7.29. The molecule has 0 aliphatic heterocycles. The van der Waals surface area contributed by atoms with Crippen molar-refractivity contribution in [1.29, 1.82) is 0 Å². The van der Waals surface area contributed by atoms with Gasteiger partial charge in [0.05, 0.1) is 6.10 Å². The first-order valence-electron chi connectivity index (χ1n) is 7.29. The highest BCUT2D eigenvalue weighted by Gasteiger charge is 2.39. The molecule has 2 unspecified atom stereocenters. The zero-order chi connectivity index (χ0) is 16.8. The van der Waals surface area contributed by atoms with Crippen LogP contribution >= 0.6 is 0 Å². The number of aliphatic hydroxyl groups excluding tert-OH is 1. The number of nitrogens with zero attached hydrogens (tertiary/aromatic N) is 3. The summed E-state index contributed by atoms with van der Waals surface area (Å²) in [5, 5.41) is 13.6. The molecular formula is C16H23N3O3. The first-order chi connectivity index (χ1) is 10.3. The average Bonchev–Trinajstić information content (AvgIpc) is 3.00. The van der Waals surface area contributed by atoms with Crippen molar-refractivity contribution < 1.29 is 14.6 Å². The van der Waals surface area contributed by atoms with E-state index in [1.54, 1.807) is 12.2 Å². The van der Waals surface area contributed by atoms with Crippen LogP contribution in [0.3, 0.4) is 0 Å². The van der Waals surface area contributed by atoms with E-state index in [4.69, 9.17) is 10.3 Å². The number of carbonyl (C=O) groups excluding carboxylic acids is 1. The molecule has 0 saturated carbocycles. The fourth-order valence-corrected chi connectivity index (χ4v) is 2.09. The number of hydrogen-bond donors (Lipinski definition) is 1. The highest BCUT2D eigenvalue weighted by Crippen LogP contribution is 2.30. The molecule has 0 aromatic rings. The molecule has 1 aliphatic rings. The summed E-state index contributed by atoms with van der Waals surface area (Å²) in [5.41, 5.74) is 8.06. The molecule has 0 aromatic heterocycles. The number of rotatable bonds is 8. The van der Waals surface area contributed by atoms with E-state index in [2.05, 4.69) is 16.6 Å². The minimum atomic E-state index is -1.39. The largest absolute Gasteiger partial charge is 0.457 e. The zero-order valence-corrected chi connectivity index (χ0v) is 13.3. The number of esters is 1. The van der Waals surface area contributed by atoms with Crippen LogP contribution < -0.4 is 0 Å². The van der Waals surface area contributed by atoms with Crippen LogP contribution in [0.5, 0.6) is 0 Å². The lowest BCUT2D eigenvalue weighted by molar-refractivity contribution is -0.152. The Bertz CT molecular complexity index is 533. The molecule has 0 fully saturated rings. The number of carbonyl (C=O) groups is 1. The highest BCUT2D eigenvalue weighted by atomic mass is 16.5. The van der Waals surface area contributed by atoms with Crippen molar-refractivity contribution in [3.05, 3.63) is 46.9 Å². The molecule has 22 heavy (non-hydrogen) atoms. The van der Waals surface area contributed by atoms with Gasteiger partial charge in [0.15, 0.2) is 5.54 Å². The molecule has 0 radical (unpaired) electrons. The molecule has 3 atom stereocenters. The second-order valence-electron chi connectivity index (χ2n) is 5.81. The van der Waals surface area contributed by atoms with Crippen LogP contribution in [0.25, 0.3) is 10.4 Å². The molecule has 120 valence electrons. The van der Waals surface area contributed by atoms with Gasteiger partial charge in [-0.15, -0.1) is 0 Å². The first kappa shape index (κ1) is 18.0. The van der Waals surface area contributed by atoms with Crippen LogP contribution in [0.15, 0.2) is 41.6 Å². The molecule has 1 aliphatic carbocycles. The number of azide groups is 1. The van der Waals surface area contributed by atoms with Crippen LogP contribution in [0.2, 0.25) is 0 Å². The Morgan fingerprint density at radius 1 is 1.68 bits per heavy atom. The number of hydrogen-bond acceptors (Lipinski definition) is 4. The van der Waals surface area contributed by atoms with E-state index in [-0.39, 0.29) is 12.3 Å². The Kier molecular flexibility index (Phi) is 6.40. The summed E-state index contributed by atoms with van der Waals surface area (Å²) >= 11 is 0. The molecule has 0 saturated heterocycles. The van der Waals surface area contributed by atoms with Crippen molar-refractivity contribution in [2.24, 2.45) is 11.0 Å². The summed E-state index contributed by atoms with van der Waals surface area (Å²) in [6, 6.07) is 0. The standard InChI is InChI=1S/C16H23N3O3/c1-5-13(10-14(20)11(2)3)22-15(21)16(4,18-19-17)12-8-6-7-9-12/h5-8,11,13-14,20H,1,9-10H2,2-4H3/t13?,14?,16-/m1/s1. The Morgan fingerprint density at radius 2 is 2.36 bits per heavy atom. The van der Waals surface area contributed by atoms with E-state index in [0.717, 1.165) is 0 Å². The maximum atomic E-state index is 12.5. The quantitative estimate of drug-likeness (QED) is 0.244.